The van der Waals surface area contributed by atoms with E-state index >= 15 is 0 Å². The Hall–Kier alpha value is -2.53. The highest BCUT2D eigenvalue weighted by atomic mass is 35.5. The van der Waals surface area contributed by atoms with Gasteiger partial charge in [-0.15, -0.1) is 0 Å². The minimum Gasteiger partial charge on any atom is -0.496 e. The molecule has 0 atom stereocenters. The van der Waals surface area contributed by atoms with Gasteiger partial charge in [-0.05, 0) is 40.9 Å². The predicted molar refractivity (Wildman–Crippen MR) is 95.4 cm³/mol. The first-order valence-electron chi connectivity index (χ1n) is 7.27. The SMILES string of the molecule is COc1ccc(Cl)cc1-c1cc(Cl)c(C2OC=CO2)c(CN=[N+]=[N-])c1. The van der Waals surface area contributed by atoms with Crippen LogP contribution < -0.4 is 4.74 Å². The molecular formula is C17H13Cl2N3O3. The minimum absolute atomic E-state index is 0.103. The maximum absolute atomic E-state index is 8.67. The van der Waals surface area contributed by atoms with Gasteiger partial charge < -0.3 is 14.2 Å². The molecule has 0 aromatic heterocycles. The largest absolute Gasteiger partial charge is 0.496 e. The van der Waals surface area contributed by atoms with Gasteiger partial charge >= 0.3 is 0 Å². The fourth-order valence-corrected chi connectivity index (χ4v) is 3.11. The number of nitrogens with zero attached hydrogens (tertiary/aromatic N) is 3. The van der Waals surface area contributed by atoms with Gasteiger partial charge in [-0.25, -0.2) is 0 Å². The van der Waals surface area contributed by atoms with Crippen LogP contribution in [0.2, 0.25) is 10.0 Å². The van der Waals surface area contributed by atoms with Crippen LogP contribution in [0.15, 0.2) is 48.0 Å². The van der Waals surface area contributed by atoms with Gasteiger partial charge in [-0.1, -0.05) is 34.4 Å². The molecule has 6 nitrogen and oxygen atoms in total. The van der Waals surface area contributed by atoms with Gasteiger partial charge in [-0.2, -0.15) is 0 Å². The molecule has 1 heterocycles. The lowest BCUT2D eigenvalue weighted by Crippen LogP contribution is -2.04. The van der Waals surface area contributed by atoms with Gasteiger partial charge in [0.1, 0.15) is 18.3 Å². The highest BCUT2D eigenvalue weighted by molar-refractivity contribution is 6.32. The van der Waals surface area contributed by atoms with Crippen molar-refractivity contribution in [3.05, 3.63) is 74.5 Å². The Morgan fingerprint density at radius 2 is 1.96 bits per heavy atom. The molecule has 2 aromatic rings. The zero-order valence-corrected chi connectivity index (χ0v) is 14.7. The van der Waals surface area contributed by atoms with Gasteiger partial charge in [0.05, 0.1) is 24.2 Å². The maximum atomic E-state index is 8.67. The Labute approximate surface area is 154 Å². The van der Waals surface area contributed by atoms with E-state index in [1.54, 1.807) is 31.4 Å². The maximum Gasteiger partial charge on any atom is 0.268 e. The lowest BCUT2D eigenvalue weighted by atomic mass is 9.98. The molecular weight excluding hydrogens is 365 g/mol. The molecule has 3 rings (SSSR count). The molecule has 0 bridgehead atoms. The molecule has 0 fully saturated rings. The molecule has 0 unspecified atom stereocenters. The van der Waals surface area contributed by atoms with Crippen LogP contribution in [0.25, 0.3) is 21.6 Å². The minimum atomic E-state index is -0.674. The van der Waals surface area contributed by atoms with Crippen LogP contribution in [-0.4, -0.2) is 7.11 Å². The summed E-state index contributed by atoms with van der Waals surface area (Å²) in [5.41, 5.74) is 11.5. The van der Waals surface area contributed by atoms with Crippen molar-refractivity contribution in [3.63, 3.8) is 0 Å². The molecule has 1 aliphatic heterocycles. The summed E-state index contributed by atoms with van der Waals surface area (Å²) >= 11 is 12.6. The smallest absolute Gasteiger partial charge is 0.268 e. The second-order valence-electron chi connectivity index (χ2n) is 5.14. The van der Waals surface area contributed by atoms with E-state index in [0.29, 0.717) is 26.9 Å². The van der Waals surface area contributed by atoms with Crippen molar-refractivity contribution >= 4 is 23.2 Å². The number of methoxy groups -OCH3 is 1. The number of benzene rings is 2. The van der Waals surface area contributed by atoms with E-state index in [-0.39, 0.29) is 6.54 Å². The standard InChI is InChI=1S/C17H13Cl2N3O3/c1-23-15-3-2-12(18)8-13(15)10-6-11(9-21-22-20)16(14(19)7-10)17-24-4-5-25-17/h2-8,17H,9H2,1H3. The molecule has 0 saturated heterocycles. The summed E-state index contributed by atoms with van der Waals surface area (Å²) in [7, 11) is 1.58. The molecule has 0 radical (unpaired) electrons. The molecule has 0 N–H and O–H groups in total. The third kappa shape index (κ3) is 3.61. The molecule has 0 spiro atoms. The van der Waals surface area contributed by atoms with Crippen LogP contribution in [0.4, 0.5) is 0 Å². The Morgan fingerprint density at radius 1 is 1.20 bits per heavy atom. The van der Waals surface area contributed by atoms with Gasteiger partial charge in [0.2, 0.25) is 0 Å². The number of hydrogen-bond acceptors (Lipinski definition) is 4. The fraction of sp³-hybridized carbons (Fsp3) is 0.176. The van der Waals surface area contributed by atoms with Gasteiger partial charge in [0, 0.05) is 15.5 Å². The van der Waals surface area contributed by atoms with Crippen LogP contribution in [0.1, 0.15) is 17.4 Å². The summed E-state index contributed by atoms with van der Waals surface area (Å²) in [6.07, 6.45) is 2.20. The van der Waals surface area contributed by atoms with E-state index in [4.69, 9.17) is 42.9 Å². The first-order chi connectivity index (χ1) is 12.1. The summed E-state index contributed by atoms with van der Waals surface area (Å²) in [6.45, 7) is 0.103. The molecule has 1 aliphatic rings. The molecule has 2 aromatic carbocycles. The van der Waals surface area contributed by atoms with Crippen molar-refractivity contribution in [2.75, 3.05) is 7.11 Å². The Balaban J connectivity index is 2.14. The Morgan fingerprint density at radius 3 is 2.64 bits per heavy atom. The summed E-state index contributed by atoms with van der Waals surface area (Å²) in [5, 5.41) is 4.64. The fourth-order valence-electron chi connectivity index (χ4n) is 2.61. The lowest BCUT2D eigenvalue weighted by Gasteiger charge is -2.18. The number of ether oxygens (including phenoxy) is 3. The molecule has 25 heavy (non-hydrogen) atoms. The summed E-state index contributed by atoms with van der Waals surface area (Å²) in [4.78, 5) is 2.82. The Kier molecular flexibility index (Phi) is 5.24. The first kappa shape index (κ1) is 17.3. The van der Waals surface area contributed by atoms with Gasteiger partial charge in [0.15, 0.2) is 0 Å². The van der Waals surface area contributed by atoms with E-state index in [2.05, 4.69) is 10.0 Å². The number of rotatable bonds is 5. The van der Waals surface area contributed by atoms with Crippen molar-refractivity contribution in [1.82, 2.24) is 0 Å². The van der Waals surface area contributed by atoms with Gasteiger partial charge in [0.25, 0.3) is 6.29 Å². The topological polar surface area (TPSA) is 76.5 Å². The molecule has 0 amide bonds. The highest BCUT2D eigenvalue weighted by Gasteiger charge is 2.24. The number of hydrogen-bond donors (Lipinski definition) is 0. The Bertz CT molecular complexity index is 872. The summed E-state index contributed by atoms with van der Waals surface area (Å²) < 4.78 is 16.2. The van der Waals surface area contributed by atoms with Crippen LogP contribution >= 0.6 is 23.2 Å². The van der Waals surface area contributed by atoms with E-state index in [9.17, 15) is 0 Å². The number of halogens is 2. The second-order valence-corrected chi connectivity index (χ2v) is 5.98. The lowest BCUT2D eigenvalue weighted by molar-refractivity contribution is -0.0251. The third-order valence-electron chi connectivity index (χ3n) is 3.69. The number of azide groups is 1. The van der Waals surface area contributed by atoms with Crippen molar-refractivity contribution in [1.29, 1.82) is 0 Å². The highest BCUT2D eigenvalue weighted by Crippen LogP contribution is 2.39. The summed E-state index contributed by atoms with van der Waals surface area (Å²) in [6, 6.07) is 8.93. The van der Waals surface area contributed by atoms with Crippen LogP contribution in [0.5, 0.6) is 5.75 Å². The van der Waals surface area contributed by atoms with E-state index in [1.807, 2.05) is 6.07 Å². The van der Waals surface area contributed by atoms with Crippen LogP contribution in [0.3, 0.4) is 0 Å². The predicted octanol–water partition coefficient (Wildman–Crippen LogP) is 6.00. The first-order valence-corrected chi connectivity index (χ1v) is 8.02. The van der Waals surface area contributed by atoms with Gasteiger partial charge in [-0.3, -0.25) is 0 Å². The van der Waals surface area contributed by atoms with E-state index in [1.165, 1.54) is 12.5 Å². The van der Waals surface area contributed by atoms with Crippen molar-refractivity contribution in [2.45, 2.75) is 12.8 Å². The second kappa shape index (κ2) is 7.57. The van der Waals surface area contributed by atoms with Crippen LogP contribution in [0, 0.1) is 0 Å². The normalized spacial score (nSPS) is 13.1. The quantitative estimate of drug-likeness (QED) is 0.364. The molecule has 8 heteroatoms. The zero-order chi connectivity index (χ0) is 17.8. The van der Waals surface area contributed by atoms with E-state index < -0.39 is 6.29 Å². The summed E-state index contributed by atoms with van der Waals surface area (Å²) in [5.74, 6) is 0.651. The van der Waals surface area contributed by atoms with E-state index in [0.717, 1.165) is 11.1 Å². The average Bonchev–Trinajstić information content (AvgIpc) is 3.13. The molecule has 0 saturated carbocycles. The molecule has 0 aliphatic carbocycles. The van der Waals surface area contributed by atoms with Crippen molar-refractivity contribution < 1.29 is 14.2 Å². The monoisotopic (exact) mass is 377 g/mol. The average molecular weight is 378 g/mol. The van der Waals surface area contributed by atoms with Crippen LogP contribution in [-0.2, 0) is 16.0 Å². The van der Waals surface area contributed by atoms with Crippen molar-refractivity contribution in [2.24, 2.45) is 5.11 Å². The molecule has 128 valence electrons. The third-order valence-corrected chi connectivity index (χ3v) is 4.24. The van der Waals surface area contributed by atoms with Crippen molar-refractivity contribution in [3.8, 4) is 16.9 Å². The zero-order valence-electron chi connectivity index (χ0n) is 13.1.